The van der Waals surface area contributed by atoms with E-state index in [0.717, 1.165) is 19.3 Å². The second kappa shape index (κ2) is 8.74. The number of benzene rings is 1. The maximum Gasteiger partial charge on any atom is 0.243 e. The zero-order chi connectivity index (χ0) is 20.3. The molecule has 0 aromatic heterocycles. The van der Waals surface area contributed by atoms with Crippen molar-refractivity contribution < 1.29 is 18.0 Å². The van der Waals surface area contributed by atoms with Gasteiger partial charge in [0.05, 0.1) is 4.90 Å². The standard InChI is InChI=1S/C21H30N2O4S/c1-15-6-3-4-9-20(15)22-21(25)17-10-12-23(13-11-17)28(26,27)19-8-5-7-18(14-19)16(2)24/h5,7-8,14-15,17,20H,3-4,6,9-13H2,1-2H3,(H,22,25)/t15-,20+/m0/s1. The van der Waals surface area contributed by atoms with Crippen molar-refractivity contribution in [3.8, 4) is 0 Å². The maximum atomic E-state index is 12.9. The third-order valence-corrected chi connectivity index (χ3v) is 8.04. The highest BCUT2D eigenvalue weighted by atomic mass is 32.2. The molecule has 0 bridgehead atoms. The Labute approximate surface area is 167 Å². The van der Waals surface area contributed by atoms with Gasteiger partial charge in [0.2, 0.25) is 15.9 Å². The number of amides is 1. The third kappa shape index (κ3) is 4.63. The second-order valence-corrected chi connectivity index (χ2v) is 10.1. The molecule has 1 aromatic carbocycles. The summed E-state index contributed by atoms with van der Waals surface area (Å²) in [6, 6.07) is 6.41. The van der Waals surface area contributed by atoms with E-state index in [9.17, 15) is 18.0 Å². The summed E-state index contributed by atoms with van der Waals surface area (Å²) in [7, 11) is -3.65. The normalized spacial score (nSPS) is 24.6. The molecule has 1 saturated heterocycles. The molecular formula is C21H30N2O4S. The van der Waals surface area contributed by atoms with E-state index in [0.29, 0.717) is 37.4 Å². The topological polar surface area (TPSA) is 83.6 Å². The van der Waals surface area contributed by atoms with Gasteiger partial charge in [-0.25, -0.2) is 8.42 Å². The predicted molar refractivity (Wildman–Crippen MR) is 107 cm³/mol. The number of nitrogens with one attached hydrogen (secondary N) is 1. The Morgan fingerprint density at radius 1 is 1.07 bits per heavy atom. The molecule has 2 aliphatic rings. The van der Waals surface area contributed by atoms with Crippen molar-refractivity contribution in [1.82, 2.24) is 9.62 Å². The number of ketones is 1. The number of rotatable bonds is 5. The van der Waals surface area contributed by atoms with E-state index in [1.807, 2.05) is 0 Å². The van der Waals surface area contributed by atoms with Crippen molar-refractivity contribution in [2.45, 2.75) is 63.3 Å². The highest BCUT2D eigenvalue weighted by Crippen LogP contribution is 2.27. The highest BCUT2D eigenvalue weighted by molar-refractivity contribution is 7.89. The molecule has 1 saturated carbocycles. The molecule has 1 aliphatic carbocycles. The summed E-state index contributed by atoms with van der Waals surface area (Å²) in [6.45, 7) is 4.26. The first-order valence-corrected chi connectivity index (χ1v) is 11.6. The molecule has 1 amide bonds. The van der Waals surface area contributed by atoms with Gasteiger partial charge in [-0.15, -0.1) is 0 Å². The summed E-state index contributed by atoms with van der Waals surface area (Å²) in [5.41, 5.74) is 0.386. The molecule has 0 unspecified atom stereocenters. The molecule has 7 heteroatoms. The Kier molecular flexibility index (Phi) is 6.55. The van der Waals surface area contributed by atoms with E-state index >= 15 is 0 Å². The fraction of sp³-hybridized carbons (Fsp3) is 0.619. The van der Waals surface area contributed by atoms with E-state index in [4.69, 9.17) is 0 Å². The molecule has 2 fully saturated rings. The summed E-state index contributed by atoms with van der Waals surface area (Å²) in [6.07, 6.45) is 5.63. The number of carbonyl (C=O) groups excluding carboxylic acids is 2. The number of piperidine rings is 1. The van der Waals surface area contributed by atoms with Crippen molar-refractivity contribution in [2.75, 3.05) is 13.1 Å². The zero-order valence-corrected chi connectivity index (χ0v) is 17.5. The van der Waals surface area contributed by atoms with E-state index in [-0.39, 0.29) is 28.5 Å². The summed E-state index contributed by atoms with van der Waals surface area (Å²) in [5.74, 6) is 0.273. The van der Waals surface area contributed by atoms with Gasteiger partial charge in [0.15, 0.2) is 5.78 Å². The van der Waals surface area contributed by atoms with Crippen molar-refractivity contribution >= 4 is 21.7 Å². The van der Waals surface area contributed by atoms with Crippen molar-refractivity contribution in [3.63, 3.8) is 0 Å². The number of nitrogens with zero attached hydrogens (tertiary/aromatic N) is 1. The monoisotopic (exact) mass is 406 g/mol. The average Bonchev–Trinajstić information content (AvgIpc) is 2.70. The van der Waals surface area contributed by atoms with Crippen LogP contribution in [-0.4, -0.2) is 43.5 Å². The van der Waals surface area contributed by atoms with Crippen molar-refractivity contribution in [2.24, 2.45) is 11.8 Å². The van der Waals surface area contributed by atoms with Crippen molar-refractivity contribution in [1.29, 1.82) is 0 Å². The Morgan fingerprint density at radius 3 is 2.39 bits per heavy atom. The van der Waals surface area contributed by atoms with E-state index in [1.165, 1.54) is 29.8 Å². The molecule has 0 radical (unpaired) electrons. The van der Waals surface area contributed by atoms with Crippen LogP contribution >= 0.6 is 0 Å². The lowest BCUT2D eigenvalue weighted by Gasteiger charge is -2.34. The summed E-state index contributed by atoms with van der Waals surface area (Å²) in [5, 5.41) is 3.20. The molecule has 154 valence electrons. The average molecular weight is 407 g/mol. The van der Waals surface area contributed by atoms with Gasteiger partial charge in [0.1, 0.15) is 0 Å². The van der Waals surface area contributed by atoms with Crippen LogP contribution in [0, 0.1) is 11.8 Å². The van der Waals surface area contributed by atoms with E-state index in [2.05, 4.69) is 12.2 Å². The first-order chi connectivity index (χ1) is 13.3. The van der Waals surface area contributed by atoms with Gasteiger partial charge in [0, 0.05) is 30.6 Å². The lowest BCUT2D eigenvalue weighted by atomic mass is 9.85. The van der Waals surface area contributed by atoms with Gasteiger partial charge in [0.25, 0.3) is 0 Å². The molecule has 6 nitrogen and oxygen atoms in total. The first kappa shape index (κ1) is 21.0. The van der Waals surface area contributed by atoms with Gasteiger partial charge < -0.3 is 5.32 Å². The third-order valence-electron chi connectivity index (χ3n) is 6.14. The molecule has 2 atom stereocenters. The number of Topliss-reactive ketones (excluding diaryl/α,β-unsaturated/α-hetero) is 1. The molecule has 1 aliphatic heterocycles. The summed E-state index contributed by atoms with van der Waals surface area (Å²) < 4.78 is 27.3. The predicted octanol–water partition coefficient (Wildman–Crippen LogP) is 2.98. The number of sulfonamides is 1. The fourth-order valence-electron chi connectivity index (χ4n) is 4.21. The van der Waals surface area contributed by atoms with Gasteiger partial charge >= 0.3 is 0 Å². The number of carbonyl (C=O) groups is 2. The Balaban J connectivity index is 1.60. The van der Waals surface area contributed by atoms with Gasteiger partial charge in [-0.3, -0.25) is 9.59 Å². The van der Waals surface area contributed by atoms with Crippen molar-refractivity contribution in [3.05, 3.63) is 29.8 Å². The molecule has 1 aromatic rings. The molecule has 3 rings (SSSR count). The molecule has 28 heavy (non-hydrogen) atoms. The smallest absolute Gasteiger partial charge is 0.243 e. The van der Waals surface area contributed by atoms with Gasteiger partial charge in [-0.2, -0.15) is 4.31 Å². The van der Waals surface area contributed by atoms with Crippen LogP contribution in [0.5, 0.6) is 0 Å². The fourth-order valence-corrected chi connectivity index (χ4v) is 5.73. The maximum absolute atomic E-state index is 12.9. The van der Waals surface area contributed by atoms with Gasteiger partial charge in [-0.1, -0.05) is 31.9 Å². The second-order valence-electron chi connectivity index (χ2n) is 8.14. The molecule has 1 N–H and O–H groups in total. The minimum atomic E-state index is -3.65. The molecular weight excluding hydrogens is 376 g/mol. The van der Waals surface area contributed by atoms with Gasteiger partial charge in [-0.05, 0) is 50.7 Å². The summed E-state index contributed by atoms with van der Waals surface area (Å²) >= 11 is 0. The molecule has 1 heterocycles. The van der Waals surface area contributed by atoms with E-state index in [1.54, 1.807) is 12.1 Å². The van der Waals surface area contributed by atoms with Crippen LogP contribution in [0.25, 0.3) is 0 Å². The highest BCUT2D eigenvalue weighted by Gasteiger charge is 2.33. The van der Waals surface area contributed by atoms with Crippen LogP contribution in [0.1, 0.15) is 62.7 Å². The largest absolute Gasteiger partial charge is 0.353 e. The summed E-state index contributed by atoms with van der Waals surface area (Å²) in [4.78, 5) is 24.3. The Morgan fingerprint density at radius 2 is 1.75 bits per heavy atom. The first-order valence-electron chi connectivity index (χ1n) is 10.2. The minimum absolute atomic E-state index is 0.0642. The van der Waals surface area contributed by atoms with Crippen LogP contribution in [0.15, 0.2) is 29.2 Å². The Bertz CT molecular complexity index is 829. The number of hydrogen-bond donors (Lipinski definition) is 1. The number of hydrogen-bond acceptors (Lipinski definition) is 4. The van der Waals surface area contributed by atoms with Crippen LogP contribution in [0.4, 0.5) is 0 Å². The van der Waals surface area contributed by atoms with Crippen LogP contribution in [0.3, 0.4) is 0 Å². The quantitative estimate of drug-likeness (QED) is 0.762. The van der Waals surface area contributed by atoms with E-state index < -0.39 is 10.0 Å². The zero-order valence-electron chi connectivity index (χ0n) is 16.7. The molecule has 0 spiro atoms. The SMILES string of the molecule is CC(=O)c1cccc(S(=O)(=O)N2CCC(C(=O)N[C@@H]3CCCC[C@@H]3C)CC2)c1. The Hall–Kier alpha value is -1.73. The minimum Gasteiger partial charge on any atom is -0.353 e. The van der Waals surface area contributed by atoms with Crippen LogP contribution in [-0.2, 0) is 14.8 Å². The lowest BCUT2D eigenvalue weighted by Crippen LogP contribution is -2.47. The van der Waals surface area contributed by atoms with Crippen LogP contribution < -0.4 is 5.32 Å². The lowest BCUT2D eigenvalue weighted by molar-refractivity contribution is -0.127. The van der Waals surface area contributed by atoms with Crippen LogP contribution in [0.2, 0.25) is 0 Å².